The Morgan fingerprint density at radius 2 is 1.89 bits per heavy atom. The molecule has 0 aliphatic carbocycles. The first-order valence-electron chi connectivity index (χ1n) is 6.41. The quantitative estimate of drug-likeness (QED) is 0.733. The van der Waals surface area contributed by atoms with Gasteiger partial charge in [-0.3, -0.25) is 9.59 Å². The minimum Gasteiger partial charge on any atom is -0.330 e. The Balaban J connectivity index is 2.61. The zero-order valence-electron chi connectivity index (χ0n) is 11.4. The fourth-order valence-corrected chi connectivity index (χ4v) is 1.70. The molecule has 104 valence electrons. The zero-order valence-corrected chi connectivity index (χ0v) is 11.4. The van der Waals surface area contributed by atoms with Crippen LogP contribution in [-0.4, -0.2) is 18.4 Å². The van der Waals surface area contributed by atoms with Crippen molar-refractivity contribution in [2.45, 2.75) is 26.7 Å². The molecule has 1 rings (SSSR count). The highest BCUT2D eigenvalue weighted by Crippen LogP contribution is 2.16. The number of carbonyl (C=O) groups is 2. The lowest BCUT2D eigenvalue weighted by Gasteiger charge is -2.12. The second-order valence-electron chi connectivity index (χ2n) is 4.58. The van der Waals surface area contributed by atoms with Crippen LogP contribution < -0.4 is 16.4 Å². The Morgan fingerprint density at radius 1 is 1.26 bits per heavy atom. The van der Waals surface area contributed by atoms with E-state index in [2.05, 4.69) is 10.6 Å². The number of hydrogen-bond acceptors (Lipinski definition) is 3. The highest BCUT2D eigenvalue weighted by molar-refractivity contribution is 5.94. The summed E-state index contributed by atoms with van der Waals surface area (Å²) in [4.78, 5) is 22.9. The third kappa shape index (κ3) is 5.52. The summed E-state index contributed by atoms with van der Waals surface area (Å²) in [6, 6.07) is 7.08. The van der Waals surface area contributed by atoms with E-state index in [9.17, 15) is 9.59 Å². The largest absolute Gasteiger partial charge is 0.330 e. The van der Waals surface area contributed by atoms with Crippen LogP contribution in [0.3, 0.4) is 0 Å². The molecule has 2 amide bonds. The molecule has 0 saturated heterocycles. The van der Waals surface area contributed by atoms with Crippen molar-refractivity contribution < 1.29 is 9.59 Å². The lowest BCUT2D eigenvalue weighted by Crippen LogP contribution is -2.21. The highest BCUT2D eigenvalue weighted by Gasteiger charge is 2.12. The fourth-order valence-electron chi connectivity index (χ4n) is 1.70. The van der Waals surface area contributed by atoms with Crippen molar-refractivity contribution in [2.24, 2.45) is 11.7 Å². The minimum absolute atomic E-state index is 0.0339. The van der Waals surface area contributed by atoms with Gasteiger partial charge < -0.3 is 16.4 Å². The molecule has 1 atom stereocenters. The lowest BCUT2D eigenvalue weighted by molar-refractivity contribution is -0.119. The summed E-state index contributed by atoms with van der Waals surface area (Å²) >= 11 is 0. The molecular weight excluding hydrogens is 242 g/mol. The van der Waals surface area contributed by atoms with E-state index >= 15 is 0 Å². The van der Waals surface area contributed by atoms with Gasteiger partial charge in [-0.15, -0.1) is 0 Å². The number of anilines is 2. The van der Waals surface area contributed by atoms with Gasteiger partial charge in [0.25, 0.3) is 0 Å². The number of amides is 2. The molecule has 5 nitrogen and oxygen atoms in total. The highest BCUT2D eigenvalue weighted by atomic mass is 16.2. The van der Waals surface area contributed by atoms with Gasteiger partial charge >= 0.3 is 0 Å². The number of nitrogens with one attached hydrogen (secondary N) is 2. The number of nitrogens with two attached hydrogens (primary N) is 1. The maximum Gasteiger partial charge on any atom is 0.227 e. The molecule has 0 bridgehead atoms. The van der Waals surface area contributed by atoms with E-state index in [0.717, 1.165) is 12.8 Å². The van der Waals surface area contributed by atoms with Crippen LogP contribution in [0.15, 0.2) is 24.3 Å². The average Bonchev–Trinajstić information content (AvgIpc) is 2.35. The van der Waals surface area contributed by atoms with E-state index in [-0.39, 0.29) is 17.7 Å². The lowest BCUT2D eigenvalue weighted by atomic mass is 10.0. The SMILES string of the molecule is CC(=O)Nc1cccc(NC(=O)C(C)CCCN)c1. The number of carbonyl (C=O) groups excluding carboxylic acids is 2. The number of benzene rings is 1. The molecule has 1 unspecified atom stereocenters. The summed E-state index contributed by atoms with van der Waals surface area (Å²) in [5.74, 6) is -0.249. The Morgan fingerprint density at radius 3 is 2.47 bits per heavy atom. The predicted octanol–water partition coefficient (Wildman–Crippen LogP) is 1.96. The van der Waals surface area contributed by atoms with Crippen molar-refractivity contribution in [3.63, 3.8) is 0 Å². The van der Waals surface area contributed by atoms with Crippen LogP contribution in [0, 0.1) is 5.92 Å². The van der Waals surface area contributed by atoms with Crippen LogP contribution >= 0.6 is 0 Å². The summed E-state index contributed by atoms with van der Waals surface area (Å²) < 4.78 is 0. The molecule has 0 saturated carbocycles. The predicted molar refractivity (Wildman–Crippen MR) is 76.8 cm³/mol. The summed E-state index contributed by atoms with van der Waals surface area (Å²) in [5.41, 5.74) is 6.77. The third-order valence-electron chi connectivity index (χ3n) is 2.74. The monoisotopic (exact) mass is 263 g/mol. The van der Waals surface area contributed by atoms with Crippen LogP contribution in [0.5, 0.6) is 0 Å². The van der Waals surface area contributed by atoms with Crippen LogP contribution in [0.25, 0.3) is 0 Å². The summed E-state index contributed by atoms with van der Waals surface area (Å²) in [6.07, 6.45) is 1.61. The van der Waals surface area contributed by atoms with Gasteiger partial charge in [-0.05, 0) is 37.6 Å². The number of hydrogen-bond donors (Lipinski definition) is 3. The zero-order chi connectivity index (χ0) is 14.3. The second kappa shape index (κ2) is 7.53. The van der Waals surface area contributed by atoms with Gasteiger partial charge in [-0.1, -0.05) is 13.0 Å². The van der Waals surface area contributed by atoms with Gasteiger partial charge in [0.1, 0.15) is 0 Å². The van der Waals surface area contributed by atoms with Crippen molar-refractivity contribution in [1.29, 1.82) is 0 Å². The topological polar surface area (TPSA) is 84.2 Å². The average molecular weight is 263 g/mol. The molecule has 0 heterocycles. The number of rotatable bonds is 6. The maximum atomic E-state index is 11.9. The summed E-state index contributed by atoms with van der Waals surface area (Å²) in [7, 11) is 0. The van der Waals surface area contributed by atoms with Crippen molar-refractivity contribution in [3.8, 4) is 0 Å². The van der Waals surface area contributed by atoms with E-state index in [1.165, 1.54) is 6.92 Å². The first-order chi connectivity index (χ1) is 9.02. The van der Waals surface area contributed by atoms with E-state index in [4.69, 9.17) is 5.73 Å². The van der Waals surface area contributed by atoms with Crippen LogP contribution in [-0.2, 0) is 9.59 Å². The molecule has 0 aliphatic heterocycles. The Bertz CT molecular complexity index is 446. The molecular formula is C14H21N3O2. The molecule has 1 aromatic rings. The van der Waals surface area contributed by atoms with E-state index in [1.807, 2.05) is 6.92 Å². The van der Waals surface area contributed by atoms with E-state index in [0.29, 0.717) is 17.9 Å². The standard InChI is InChI=1S/C14H21N3O2/c1-10(5-4-8-15)14(19)17-13-7-3-6-12(9-13)16-11(2)18/h3,6-7,9-10H,4-5,8,15H2,1-2H3,(H,16,18)(H,17,19). The first-order valence-corrected chi connectivity index (χ1v) is 6.41. The van der Waals surface area contributed by atoms with Gasteiger partial charge in [0, 0.05) is 24.2 Å². The minimum atomic E-state index is -0.139. The smallest absolute Gasteiger partial charge is 0.227 e. The van der Waals surface area contributed by atoms with Gasteiger partial charge in [-0.2, -0.15) is 0 Å². The molecule has 0 radical (unpaired) electrons. The Kier molecular flexibility index (Phi) is 6.02. The van der Waals surface area contributed by atoms with Crippen molar-refractivity contribution in [1.82, 2.24) is 0 Å². The molecule has 5 heteroatoms. The van der Waals surface area contributed by atoms with Crippen molar-refractivity contribution >= 4 is 23.2 Å². The van der Waals surface area contributed by atoms with Crippen molar-refractivity contribution in [2.75, 3.05) is 17.2 Å². The maximum absolute atomic E-state index is 11.9. The van der Waals surface area contributed by atoms with Gasteiger partial charge in [0.05, 0.1) is 0 Å². The van der Waals surface area contributed by atoms with Crippen molar-refractivity contribution in [3.05, 3.63) is 24.3 Å². The van der Waals surface area contributed by atoms with Crippen LogP contribution in [0.4, 0.5) is 11.4 Å². The third-order valence-corrected chi connectivity index (χ3v) is 2.74. The molecule has 4 N–H and O–H groups in total. The second-order valence-corrected chi connectivity index (χ2v) is 4.58. The Labute approximate surface area is 113 Å². The van der Waals surface area contributed by atoms with Gasteiger partial charge in [0.2, 0.25) is 11.8 Å². The molecule has 1 aromatic carbocycles. The Hall–Kier alpha value is -1.88. The van der Waals surface area contributed by atoms with Gasteiger partial charge in [-0.25, -0.2) is 0 Å². The summed E-state index contributed by atoms with van der Waals surface area (Å²) in [5, 5.41) is 5.51. The van der Waals surface area contributed by atoms with E-state index < -0.39 is 0 Å². The molecule has 0 aromatic heterocycles. The van der Waals surface area contributed by atoms with Crippen LogP contribution in [0.1, 0.15) is 26.7 Å². The van der Waals surface area contributed by atoms with Crippen LogP contribution in [0.2, 0.25) is 0 Å². The first kappa shape index (κ1) is 15.2. The normalized spacial score (nSPS) is 11.7. The molecule has 19 heavy (non-hydrogen) atoms. The molecule has 0 aliphatic rings. The summed E-state index contributed by atoms with van der Waals surface area (Å²) in [6.45, 7) is 3.92. The van der Waals surface area contributed by atoms with Gasteiger partial charge in [0.15, 0.2) is 0 Å². The fraction of sp³-hybridized carbons (Fsp3) is 0.429. The van der Waals surface area contributed by atoms with E-state index in [1.54, 1.807) is 24.3 Å². The molecule has 0 spiro atoms. The molecule has 0 fully saturated rings.